The molecule has 6 heteroatoms. The van der Waals surface area contributed by atoms with Crippen molar-refractivity contribution in [1.82, 2.24) is 0 Å². The molecular weight excluding hydrogens is 372 g/mol. The maximum absolute atomic E-state index is 12.9. The molecule has 2 aromatic carbocycles. The Bertz CT molecular complexity index is 976. The lowest BCUT2D eigenvalue weighted by Gasteiger charge is -2.29. The number of hydrogen-bond donors (Lipinski definition) is 1. The van der Waals surface area contributed by atoms with Crippen molar-refractivity contribution in [2.45, 2.75) is 19.4 Å². The first kappa shape index (κ1) is 20.3. The SMILES string of the molecule is COc1cc(C=CC(=O)c2ccc(OC)c3c2OC(C)(C)C=C3)cc(OC)c1O. The number of phenols is 1. The normalized spacial score (nSPS) is 14.2. The van der Waals surface area contributed by atoms with Crippen LogP contribution in [-0.2, 0) is 0 Å². The third kappa shape index (κ3) is 4.06. The minimum atomic E-state index is -0.532. The lowest BCUT2D eigenvalue weighted by molar-refractivity contribution is 0.103. The second-order valence-corrected chi connectivity index (χ2v) is 7.07. The van der Waals surface area contributed by atoms with Crippen LogP contribution in [0.3, 0.4) is 0 Å². The Morgan fingerprint density at radius 2 is 1.66 bits per heavy atom. The van der Waals surface area contributed by atoms with Crippen molar-refractivity contribution in [2.75, 3.05) is 21.3 Å². The number of ketones is 1. The van der Waals surface area contributed by atoms with Crippen molar-refractivity contribution >= 4 is 17.9 Å². The Hall–Kier alpha value is -3.41. The maximum Gasteiger partial charge on any atom is 0.200 e. The Morgan fingerprint density at radius 3 is 2.24 bits per heavy atom. The number of fused-ring (bicyclic) bond motifs is 1. The molecule has 2 aromatic rings. The predicted octanol–water partition coefficient (Wildman–Crippen LogP) is 4.50. The van der Waals surface area contributed by atoms with Crippen molar-refractivity contribution in [3.05, 3.63) is 53.1 Å². The monoisotopic (exact) mass is 396 g/mol. The fraction of sp³-hybridized carbons (Fsp3) is 0.261. The fourth-order valence-electron chi connectivity index (χ4n) is 3.07. The zero-order valence-electron chi connectivity index (χ0n) is 17.1. The topological polar surface area (TPSA) is 74.2 Å². The van der Waals surface area contributed by atoms with Crippen LogP contribution in [0.4, 0.5) is 0 Å². The number of allylic oxidation sites excluding steroid dienone is 1. The van der Waals surface area contributed by atoms with Gasteiger partial charge in [-0.1, -0.05) is 6.08 Å². The van der Waals surface area contributed by atoms with Crippen molar-refractivity contribution in [1.29, 1.82) is 0 Å². The second-order valence-electron chi connectivity index (χ2n) is 7.07. The second kappa shape index (κ2) is 7.91. The van der Waals surface area contributed by atoms with Gasteiger partial charge in [0, 0.05) is 0 Å². The van der Waals surface area contributed by atoms with Gasteiger partial charge in [0.2, 0.25) is 5.75 Å². The summed E-state index contributed by atoms with van der Waals surface area (Å²) in [6, 6.07) is 6.68. The van der Waals surface area contributed by atoms with E-state index in [-0.39, 0.29) is 23.0 Å². The van der Waals surface area contributed by atoms with Crippen LogP contribution in [0, 0.1) is 0 Å². The Kier molecular flexibility index (Phi) is 5.55. The van der Waals surface area contributed by atoms with E-state index in [0.717, 1.165) is 5.56 Å². The van der Waals surface area contributed by atoms with Gasteiger partial charge in [-0.15, -0.1) is 0 Å². The maximum atomic E-state index is 12.9. The van der Waals surface area contributed by atoms with Crippen LogP contribution in [-0.4, -0.2) is 37.8 Å². The number of rotatable bonds is 6. The highest BCUT2D eigenvalue weighted by Crippen LogP contribution is 2.40. The Balaban J connectivity index is 1.98. The van der Waals surface area contributed by atoms with E-state index in [9.17, 15) is 9.90 Å². The largest absolute Gasteiger partial charge is 0.502 e. The average molecular weight is 396 g/mol. The van der Waals surface area contributed by atoms with E-state index in [4.69, 9.17) is 18.9 Å². The number of benzene rings is 2. The Morgan fingerprint density at radius 1 is 1.03 bits per heavy atom. The minimum Gasteiger partial charge on any atom is -0.502 e. The molecule has 152 valence electrons. The van der Waals surface area contributed by atoms with Gasteiger partial charge in [-0.25, -0.2) is 0 Å². The van der Waals surface area contributed by atoms with E-state index < -0.39 is 5.60 Å². The van der Waals surface area contributed by atoms with Gasteiger partial charge in [0.15, 0.2) is 17.3 Å². The highest BCUT2D eigenvalue weighted by molar-refractivity contribution is 6.09. The smallest absolute Gasteiger partial charge is 0.200 e. The third-order valence-corrected chi connectivity index (χ3v) is 4.59. The zero-order chi connectivity index (χ0) is 21.2. The van der Waals surface area contributed by atoms with E-state index in [0.29, 0.717) is 22.6 Å². The molecular formula is C23H24O6. The molecule has 0 unspecified atom stereocenters. The molecule has 0 spiro atoms. The number of carbonyl (C=O) groups is 1. The summed E-state index contributed by atoms with van der Waals surface area (Å²) in [6.45, 7) is 3.84. The van der Waals surface area contributed by atoms with Crippen molar-refractivity contribution in [2.24, 2.45) is 0 Å². The van der Waals surface area contributed by atoms with Gasteiger partial charge >= 0.3 is 0 Å². The summed E-state index contributed by atoms with van der Waals surface area (Å²) >= 11 is 0. The number of phenolic OH excluding ortho intramolecular Hbond substituents is 1. The van der Waals surface area contributed by atoms with Crippen molar-refractivity contribution in [3.8, 4) is 28.7 Å². The molecule has 6 nitrogen and oxygen atoms in total. The summed E-state index contributed by atoms with van der Waals surface area (Å²) in [4.78, 5) is 12.9. The molecule has 0 atom stereocenters. The molecule has 3 rings (SSSR count). The highest BCUT2D eigenvalue weighted by Gasteiger charge is 2.27. The summed E-state index contributed by atoms with van der Waals surface area (Å²) in [7, 11) is 4.48. The standard InChI is InChI=1S/C23H24O6/c1-23(2)11-10-16-18(26-3)9-7-15(22(16)29-23)17(24)8-6-14-12-19(27-4)21(25)20(13-14)28-5/h6-13,25H,1-5H3. The lowest BCUT2D eigenvalue weighted by Crippen LogP contribution is -2.28. The van der Waals surface area contributed by atoms with Gasteiger partial charge in [0.05, 0.1) is 32.5 Å². The average Bonchev–Trinajstić information content (AvgIpc) is 2.71. The molecule has 0 saturated carbocycles. The van der Waals surface area contributed by atoms with Gasteiger partial charge in [-0.2, -0.15) is 0 Å². The van der Waals surface area contributed by atoms with Crippen LogP contribution in [0.2, 0.25) is 0 Å². The summed E-state index contributed by atoms with van der Waals surface area (Å²) < 4.78 is 21.8. The van der Waals surface area contributed by atoms with Crippen LogP contribution in [0.1, 0.15) is 35.3 Å². The van der Waals surface area contributed by atoms with E-state index in [1.807, 2.05) is 26.0 Å². The minimum absolute atomic E-state index is 0.0925. The van der Waals surface area contributed by atoms with Gasteiger partial charge < -0.3 is 24.1 Å². The molecule has 0 amide bonds. The first-order valence-corrected chi connectivity index (χ1v) is 9.06. The number of hydrogen-bond acceptors (Lipinski definition) is 6. The molecule has 1 N–H and O–H groups in total. The lowest BCUT2D eigenvalue weighted by atomic mass is 9.97. The number of methoxy groups -OCH3 is 3. The van der Waals surface area contributed by atoms with E-state index >= 15 is 0 Å². The van der Waals surface area contributed by atoms with Crippen LogP contribution in [0.25, 0.3) is 12.2 Å². The van der Waals surface area contributed by atoms with Crippen LogP contribution < -0.4 is 18.9 Å². The van der Waals surface area contributed by atoms with Crippen LogP contribution in [0.15, 0.2) is 36.4 Å². The van der Waals surface area contributed by atoms with E-state index in [1.54, 1.807) is 37.5 Å². The first-order valence-electron chi connectivity index (χ1n) is 9.06. The van der Waals surface area contributed by atoms with Gasteiger partial charge in [0.25, 0.3) is 0 Å². The predicted molar refractivity (Wildman–Crippen MR) is 111 cm³/mol. The molecule has 29 heavy (non-hydrogen) atoms. The third-order valence-electron chi connectivity index (χ3n) is 4.59. The molecule has 0 fully saturated rings. The molecule has 0 radical (unpaired) electrons. The number of carbonyl (C=O) groups excluding carboxylic acids is 1. The zero-order valence-corrected chi connectivity index (χ0v) is 17.1. The Labute approximate surface area is 170 Å². The molecule has 0 aromatic heterocycles. The summed E-state index contributed by atoms with van der Waals surface area (Å²) in [5, 5.41) is 10.0. The highest BCUT2D eigenvalue weighted by atomic mass is 16.5. The first-order chi connectivity index (χ1) is 13.8. The van der Waals surface area contributed by atoms with Gasteiger partial charge in [0.1, 0.15) is 17.1 Å². The molecule has 1 heterocycles. The quantitative estimate of drug-likeness (QED) is 0.573. The van der Waals surface area contributed by atoms with Crippen molar-refractivity contribution < 1.29 is 28.8 Å². The summed E-state index contributed by atoms with van der Waals surface area (Å²) in [6.07, 6.45) is 6.92. The number of aromatic hydroxyl groups is 1. The van der Waals surface area contributed by atoms with Gasteiger partial charge in [-0.3, -0.25) is 4.79 Å². The summed E-state index contributed by atoms with van der Waals surface area (Å²) in [5.74, 6) is 1.33. The number of ether oxygens (including phenoxy) is 4. The van der Waals surface area contributed by atoms with E-state index in [2.05, 4.69) is 0 Å². The van der Waals surface area contributed by atoms with E-state index in [1.165, 1.54) is 20.3 Å². The molecule has 1 aliphatic rings. The molecule has 0 bridgehead atoms. The van der Waals surface area contributed by atoms with Crippen LogP contribution >= 0.6 is 0 Å². The fourth-order valence-corrected chi connectivity index (χ4v) is 3.07. The molecule has 0 saturated heterocycles. The van der Waals surface area contributed by atoms with Gasteiger partial charge in [-0.05, 0) is 61.9 Å². The van der Waals surface area contributed by atoms with Crippen molar-refractivity contribution in [3.63, 3.8) is 0 Å². The molecule has 0 aliphatic carbocycles. The van der Waals surface area contributed by atoms with Crippen LogP contribution in [0.5, 0.6) is 28.7 Å². The summed E-state index contributed by atoms with van der Waals surface area (Å²) in [5.41, 5.74) is 1.29. The molecule has 1 aliphatic heterocycles.